The molecule has 0 aliphatic carbocycles. The molecule has 0 aliphatic heterocycles. The molecule has 1 heterocycles. The summed E-state index contributed by atoms with van der Waals surface area (Å²) in [5, 5.41) is 4.08. The highest BCUT2D eigenvalue weighted by atomic mass is 79.9. The normalized spacial score (nSPS) is 10.8. The van der Waals surface area contributed by atoms with Gasteiger partial charge in [0.1, 0.15) is 5.75 Å². The Morgan fingerprint density at radius 2 is 1.62 bits per heavy atom. The second-order valence-corrected chi connectivity index (χ2v) is 7.66. The lowest BCUT2D eigenvalue weighted by atomic mass is 10.1. The summed E-state index contributed by atoms with van der Waals surface area (Å²) in [6.45, 7) is 0. The molecule has 1 aromatic heterocycles. The summed E-state index contributed by atoms with van der Waals surface area (Å²) in [4.78, 5) is 25.2. The molecule has 7 heteroatoms. The Hall–Kier alpha value is -3.97. The highest BCUT2D eigenvalue weighted by molar-refractivity contribution is 9.10. The number of esters is 1. The summed E-state index contributed by atoms with van der Waals surface area (Å²) in [7, 11) is 0. The number of nitrogens with zero attached hydrogens (tertiary/aromatic N) is 2. The molecule has 0 atom stereocenters. The zero-order chi connectivity index (χ0) is 22.3. The van der Waals surface area contributed by atoms with Gasteiger partial charge < -0.3 is 9.30 Å². The number of hydrogen-bond donors (Lipinski definition) is 1. The summed E-state index contributed by atoms with van der Waals surface area (Å²) < 4.78 is 8.17. The molecule has 158 valence electrons. The molecule has 0 aliphatic rings. The summed E-state index contributed by atoms with van der Waals surface area (Å²) >= 11 is 3.40. The molecule has 0 spiro atoms. The monoisotopic (exact) mass is 487 g/mol. The Morgan fingerprint density at radius 1 is 0.906 bits per heavy atom. The number of carbonyl (C=O) groups is 2. The molecular formula is C25H18BrN3O3. The number of benzene rings is 3. The van der Waals surface area contributed by atoms with Crippen molar-refractivity contribution in [3.05, 3.63) is 118 Å². The largest absolute Gasteiger partial charge is 0.422 e. The topological polar surface area (TPSA) is 72.7 Å². The van der Waals surface area contributed by atoms with Gasteiger partial charge >= 0.3 is 5.97 Å². The van der Waals surface area contributed by atoms with Gasteiger partial charge in [-0.2, -0.15) is 5.10 Å². The number of aromatic nitrogens is 1. The van der Waals surface area contributed by atoms with Crippen molar-refractivity contribution in [3.8, 4) is 11.4 Å². The first-order valence-electron chi connectivity index (χ1n) is 9.74. The van der Waals surface area contributed by atoms with E-state index in [4.69, 9.17) is 4.74 Å². The molecule has 4 aromatic rings. The number of carbonyl (C=O) groups excluding carboxylic acids is 2. The van der Waals surface area contributed by atoms with Crippen molar-refractivity contribution in [3.63, 3.8) is 0 Å². The Balaban J connectivity index is 1.51. The van der Waals surface area contributed by atoms with Crippen molar-refractivity contribution in [2.75, 3.05) is 0 Å². The fourth-order valence-corrected chi connectivity index (χ4v) is 3.43. The molecule has 6 nitrogen and oxygen atoms in total. The first-order valence-corrected chi connectivity index (χ1v) is 10.5. The van der Waals surface area contributed by atoms with E-state index in [1.807, 2.05) is 47.3 Å². The quantitative estimate of drug-likeness (QED) is 0.175. The van der Waals surface area contributed by atoms with Crippen LogP contribution in [0.3, 0.4) is 0 Å². The number of nitrogens with one attached hydrogen (secondary N) is 1. The average Bonchev–Trinajstić information content (AvgIpc) is 3.36. The third-order valence-electron chi connectivity index (χ3n) is 4.59. The van der Waals surface area contributed by atoms with Crippen molar-refractivity contribution in [2.24, 2.45) is 5.10 Å². The zero-order valence-corrected chi connectivity index (χ0v) is 18.4. The van der Waals surface area contributed by atoms with Crippen LogP contribution in [0.25, 0.3) is 5.69 Å². The van der Waals surface area contributed by atoms with E-state index < -0.39 is 5.97 Å². The molecule has 3 aromatic carbocycles. The fourth-order valence-electron chi connectivity index (χ4n) is 3.05. The number of rotatable bonds is 6. The van der Waals surface area contributed by atoms with Crippen LogP contribution in [-0.4, -0.2) is 22.7 Å². The zero-order valence-electron chi connectivity index (χ0n) is 16.8. The van der Waals surface area contributed by atoms with Crippen LogP contribution in [0.1, 0.15) is 26.3 Å². The first kappa shape index (κ1) is 21.3. The van der Waals surface area contributed by atoms with Gasteiger partial charge in [0.25, 0.3) is 5.91 Å². The number of amides is 1. The standard InChI is InChI=1S/C25H18BrN3O3/c26-20-12-13-23(32-25(31)18-8-2-1-3-9-18)19(16-20)17-27-28-24(30)21-10-4-5-11-22(21)29-14-6-7-15-29/h1-17H,(H,28,30). The van der Waals surface area contributed by atoms with Gasteiger partial charge in [-0.3, -0.25) is 4.79 Å². The van der Waals surface area contributed by atoms with Crippen molar-refractivity contribution in [1.82, 2.24) is 9.99 Å². The minimum Gasteiger partial charge on any atom is -0.422 e. The maximum absolute atomic E-state index is 12.7. The van der Waals surface area contributed by atoms with Crippen LogP contribution < -0.4 is 10.2 Å². The van der Waals surface area contributed by atoms with E-state index in [9.17, 15) is 9.59 Å². The van der Waals surface area contributed by atoms with E-state index in [1.54, 1.807) is 54.6 Å². The van der Waals surface area contributed by atoms with Gasteiger partial charge in [-0.15, -0.1) is 0 Å². The molecule has 0 fully saturated rings. The van der Waals surface area contributed by atoms with E-state index in [0.29, 0.717) is 22.4 Å². The predicted octanol–water partition coefficient (Wildman–Crippen LogP) is 5.22. The van der Waals surface area contributed by atoms with Crippen molar-refractivity contribution < 1.29 is 14.3 Å². The molecule has 1 amide bonds. The predicted molar refractivity (Wildman–Crippen MR) is 126 cm³/mol. The maximum Gasteiger partial charge on any atom is 0.343 e. The maximum atomic E-state index is 12.7. The van der Waals surface area contributed by atoms with Crippen molar-refractivity contribution in [2.45, 2.75) is 0 Å². The number of ether oxygens (including phenoxy) is 1. The van der Waals surface area contributed by atoms with Crippen molar-refractivity contribution in [1.29, 1.82) is 0 Å². The first-order chi connectivity index (χ1) is 15.6. The van der Waals surface area contributed by atoms with Crippen LogP contribution in [0.4, 0.5) is 0 Å². The van der Waals surface area contributed by atoms with Crippen LogP contribution in [0.15, 0.2) is 107 Å². The van der Waals surface area contributed by atoms with Gasteiger partial charge in [-0.1, -0.05) is 46.3 Å². The van der Waals surface area contributed by atoms with Gasteiger partial charge in [-0.05, 0) is 54.6 Å². The highest BCUT2D eigenvalue weighted by Crippen LogP contribution is 2.23. The van der Waals surface area contributed by atoms with Crippen LogP contribution in [0, 0.1) is 0 Å². The van der Waals surface area contributed by atoms with E-state index in [2.05, 4.69) is 26.5 Å². The molecule has 1 N–H and O–H groups in total. The molecule has 4 rings (SSSR count). The SMILES string of the molecule is O=C(Oc1ccc(Br)cc1C=NNC(=O)c1ccccc1-n1cccc1)c1ccccc1. The third-order valence-corrected chi connectivity index (χ3v) is 5.08. The molecule has 0 saturated heterocycles. The summed E-state index contributed by atoms with van der Waals surface area (Å²) in [5.41, 5.74) is 4.73. The second-order valence-electron chi connectivity index (χ2n) is 6.74. The van der Waals surface area contributed by atoms with E-state index >= 15 is 0 Å². The summed E-state index contributed by atoms with van der Waals surface area (Å²) in [6.07, 6.45) is 5.17. The van der Waals surface area contributed by atoms with Crippen molar-refractivity contribution >= 4 is 34.0 Å². The Morgan fingerprint density at radius 3 is 2.41 bits per heavy atom. The van der Waals surface area contributed by atoms with Gasteiger partial charge in [0.05, 0.1) is 23.0 Å². The third kappa shape index (κ3) is 5.01. The Kier molecular flexibility index (Phi) is 6.57. The molecule has 0 bridgehead atoms. The van der Waals surface area contributed by atoms with Crippen LogP contribution in [-0.2, 0) is 0 Å². The van der Waals surface area contributed by atoms with Gasteiger partial charge in [0.2, 0.25) is 0 Å². The number of hydrazone groups is 1. The Labute approximate surface area is 193 Å². The minimum absolute atomic E-state index is 0.327. The fraction of sp³-hybridized carbons (Fsp3) is 0. The minimum atomic E-state index is -0.479. The smallest absolute Gasteiger partial charge is 0.343 e. The molecule has 32 heavy (non-hydrogen) atoms. The van der Waals surface area contributed by atoms with E-state index in [1.165, 1.54) is 6.21 Å². The molecule has 0 unspecified atom stereocenters. The lowest BCUT2D eigenvalue weighted by Gasteiger charge is -2.10. The summed E-state index contributed by atoms with van der Waals surface area (Å²) in [6, 6.07) is 24.9. The second kappa shape index (κ2) is 9.89. The van der Waals surface area contributed by atoms with Gasteiger partial charge in [0, 0.05) is 22.4 Å². The van der Waals surface area contributed by atoms with Gasteiger partial charge in [0.15, 0.2) is 0 Å². The van der Waals surface area contributed by atoms with Gasteiger partial charge in [-0.25, -0.2) is 10.2 Å². The lowest BCUT2D eigenvalue weighted by molar-refractivity contribution is 0.0734. The number of halogens is 1. The van der Waals surface area contributed by atoms with E-state index in [-0.39, 0.29) is 5.91 Å². The average molecular weight is 488 g/mol. The molecular weight excluding hydrogens is 470 g/mol. The number of para-hydroxylation sites is 1. The molecule has 0 saturated carbocycles. The summed E-state index contributed by atoms with van der Waals surface area (Å²) in [5.74, 6) is -0.511. The highest BCUT2D eigenvalue weighted by Gasteiger charge is 2.13. The molecule has 0 radical (unpaired) electrons. The van der Waals surface area contributed by atoms with Crippen LogP contribution in [0.5, 0.6) is 5.75 Å². The van der Waals surface area contributed by atoms with Crippen LogP contribution in [0.2, 0.25) is 0 Å². The number of hydrogen-bond acceptors (Lipinski definition) is 4. The van der Waals surface area contributed by atoms with E-state index in [0.717, 1.165) is 10.2 Å². The Bertz CT molecular complexity index is 1270. The van der Waals surface area contributed by atoms with Crippen LogP contribution >= 0.6 is 15.9 Å². The lowest BCUT2D eigenvalue weighted by Crippen LogP contribution is -2.19.